The topological polar surface area (TPSA) is 94.8 Å². The maximum atomic E-state index is 11.4. The fraction of sp³-hybridized carbons (Fsp3) is 0.684. The number of rotatable bonds is 15. The van der Waals surface area contributed by atoms with Gasteiger partial charge in [0.1, 0.15) is 0 Å². The highest BCUT2D eigenvalue weighted by Crippen LogP contribution is 2.20. The number of hydrogen-bond acceptors (Lipinski definition) is 3. The molecule has 0 bridgehead atoms. The molecule has 0 rings (SSSR count). The lowest BCUT2D eigenvalue weighted by atomic mass is 9.97. The zero-order valence-electron chi connectivity index (χ0n) is 15.4. The summed E-state index contributed by atoms with van der Waals surface area (Å²) < 4.78 is 0. The van der Waals surface area contributed by atoms with Crippen molar-refractivity contribution in [2.24, 2.45) is 0 Å². The Morgan fingerprint density at radius 1 is 0.731 bits per heavy atom. The molecule has 0 amide bonds. The van der Waals surface area contributed by atoms with E-state index in [9.17, 15) is 19.8 Å². The van der Waals surface area contributed by atoms with Crippen molar-refractivity contribution in [3.8, 4) is 0 Å². The molecule has 0 fully saturated rings. The van der Waals surface area contributed by atoms with Crippen molar-refractivity contribution in [3.63, 3.8) is 0 Å². The number of aliphatic carboxylic acids is 2. The van der Waals surface area contributed by atoms with Crippen molar-refractivity contribution >= 4 is 43.8 Å². The Bertz CT molecular complexity index is 388. The third kappa shape index (κ3) is 16.8. The van der Waals surface area contributed by atoms with Crippen LogP contribution in [-0.4, -0.2) is 44.5 Å². The standard InChI is InChI=1S/C16H26Br2O4.C3H6O/c17-11-7-3-1-5-9-13(15(19)20)14(16(21)22)10-6-2-4-8-12-18;1-2-3-4/h1-12H2,(H,19,20)(H,21,22);2,4H,1,3H2. The van der Waals surface area contributed by atoms with Crippen LogP contribution in [0.4, 0.5) is 0 Å². The lowest BCUT2D eigenvalue weighted by Gasteiger charge is -2.09. The number of carboxylic acid groups (broad SMARTS) is 2. The minimum absolute atomic E-state index is 0.0833. The molecule has 7 heteroatoms. The van der Waals surface area contributed by atoms with E-state index in [4.69, 9.17) is 5.11 Å². The first kappa shape index (κ1) is 27.6. The number of aliphatic hydroxyl groups excluding tert-OH is 1. The van der Waals surface area contributed by atoms with Gasteiger partial charge in [-0.2, -0.15) is 0 Å². The molecule has 0 saturated carbocycles. The summed E-state index contributed by atoms with van der Waals surface area (Å²) in [6.07, 6.45) is 9.64. The van der Waals surface area contributed by atoms with E-state index in [0.29, 0.717) is 12.8 Å². The molecule has 0 aliphatic rings. The molecule has 0 radical (unpaired) electrons. The predicted octanol–water partition coefficient (Wildman–Crippen LogP) is 5.31. The van der Waals surface area contributed by atoms with E-state index in [2.05, 4.69) is 38.4 Å². The van der Waals surface area contributed by atoms with E-state index in [-0.39, 0.29) is 17.8 Å². The number of halogens is 2. The first-order valence-electron chi connectivity index (χ1n) is 8.98. The van der Waals surface area contributed by atoms with Crippen LogP contribution in [0.5, 0.6) is 0 Å². The van der Waals surface area contributed by atoms with Gasteiger partial charge in [-0.15, -0.1) is 6.58 Å². The van der Waals surface area contributed by atoms with E-state index in [1.807, 2.05) is 0 Å². The minimum Gasteiger partial charge on any atom is -0.478 e. The van der Waals surface area contributed by atoms with Crippen molar-refractivity contribution in [2.75, 3.05) is 17.3 Å². The average molecular weight is 500 g/mol. The van der Waals surface area contributed by atoms with Crippen LogP contribution in [0, 0.1) is 0 Å². The Balaban J connectivity index is 0. The first-order valence-corrected chi connectivity index (χ1v) is 11.2. The highest BCUT2D eigenvalue weighted by molar-refractivity contribution is 9.09. The Labute approximate surface area is 173 Å². The van der Waals surface area contributed by atoms with Crippen LogP contribution >= 0.6 is 31.9 Å². The Hall–Kier alpha value is -0.660. The van der Waals surface area contributed by atoms with Crippen LogP contribution in [0.15, 0.2) is 23.8 Å². The second kappa shape index (κ2) is 20.6. The molecular weight excluding hydrogens is 468 g/mol. The van der Waals surface area contributed by atoms with Crippen molar-refractivity contribution in [2.45, 2.75) is 64.2 Å². The van der Waals surface area contributed by atoms with Crippen molar-refractivity contribution in [3.05, 3.63) is 23.8 Å². The molecule has 0 aromatic rings. The third-order valence-electron chi connectivity index (χ3n) is 3.63. The molecule has 26 heavy (non-hydrogen) atoms. The van der Waals surface area contributed by atoms with Crippen molar-refractivity contribution in [1.29, 1.82) is 0 Å². The SMILES string of the molecule is C=CCO.O=C(O)C(CCCCCCBr)=C(CCCCCCBr)C(=O)O. The lowest BCUT2D eigenvalue weighted by Crippen LogP contribution is -2.12. The summed E-state index contributed by atoms with van der Waals surface area (Å²) >= 11 is 6.72. The first-order chi connectivity index (χ1) is 12.5. The Morgan fingerprint density at radius 2 is 1.04 bits per heavy atom. The van der Waals surface area contributed by atoms with E-state index < -0.39 is 11.9 Å². The highest BCUT2D eigenvalue weighted by atomic mass is 79.9. The summed E-state index contributed by atoms with van der Waals surface area (Å²) in [6.45, 7) is 3.31. The average Bonchev–Trinajstić information content (AvgIpc) is 2.61. The van der Waals surface area contributed by atoms with Gasteiger partial charge >= 0.3 is 11.9 Å². The van der Waals surface area contributed by atoms with Crippen LogP contribution in [0.1, 0.15) is 64.2 Å². The maximum absolute atomic E-state index is 11.4. The smallest absolute Gasteiger partial charge is 0.332 e. The molecule has 0 atom stereocenters. The van der Waals surface area contributed by atoms with Gasteiger partial charge in [0, 0.05) is 21.8 Å². The number of carboxylic acids is 2. The summed E-state index contributed by atoms with van der Waals surface area (Å²) in [4.78, 5) is 22.7. The summed E-state index contributed by atoms with van der Waals surface area (Å²) in [5.74, 6) is -2.17. The van der Waals surface area contributed by atoms with Crippen molar-refractivity contribution in [1.82, 2.24) is 0 Å². The van der Waals surface area contributed by atoms with E-state index in [1.54, 1.807) is 0 Å². The minimum atomic E-state index is -1.08. The quantitative estimate of drug-likeness (QED) is 0.123. The van der Waals surface area contributed by atoms with Gasteiger partial charge < -0.3 is 15.3 Å². The fourth-order valence-corrected chi connectivity index (χ4v) is 3.07. The predicted molar refractivity (Wildman–Crippen MR) is 113 cm³/mol. The maximum Gasteiger partial charge on any atom is 0.332 e. The van der Waals surface area contributed by atoms with Gasteiger partial charge in [-0.25, -0.2) is 9.59 Å². The fourth-order valence-electron chi connectivity index (χ4n) is 2.27. The number of alkyl halides is 2. The summed E-state index contributed by atoms with van der Waals surface area (Å²) in [7, 11) is 0. The molecular formula is C19H32Br2O5. The molecule has 0 aromatic heterocycles. The molecule has 152 valence electrons. The van der Waals surface area contributed by atoms with Crippen molar-refractivity contribution < 1.29 is 24.9 Å². The zero-order valence-corrected chi connectivity index (χ0v) is 18.6. The van der Waals surface area contributed by atoms with Crippen LogP contribution < -0.4 is 0 Å². The number of hydrogen-bond donors (Lipinski definition) is 3. The Morgan fingerprint density at radius 3 is 1.27 bits per heavy atom. The Kier molecular flexibility index (Phi) is 21.9. The largest absolute Gasteiger partial charge is 0.478 e. The van der Waals surface area contributed by atoms with Crippen LogP contribution in [0.2, 0.25) is 0 Å². The van der Waals surface area contributed by atoms with E-state index in [0.717, 1.165) is 62.0 Å². The highest BCUT2D eigenvalue weighted by Gasteiger charge is 2.19. The van der Waals surface area contributed by atoms with Crippen LogP contribution in [-0.2, 0) is 9.59 Å². The van der Waals surface area contributed by atoms with Crippen LogP contribution in [0.3, 0.4) is 0 Å². The molecule has 0 aromatic carbocycles. The van der Waals surface area contributed by atoms with Crippen LogP contribution in [0.25, 0.3) is 0 Å². The summed E-state index contributed by atoms with van der Waals surface area (Å²) in [5.41, 5.74) is 0.179. The molecule has 0 heterocycles. The second-order valence-corrected chi connectivity index (χ2v) is 7.33. The number of aliphatic hydroxyl groups is 1. The monoisotopic (exact) mass is 498 g/mol. The molecule has 5 nitrogen and oxygen atoms in total. The van der Waals surface area contributed by atoms with Gasteiger partial charge in [0.05, 0.1) is 6.61 Å². The lowest BCUT2D eigenvalue weighted by molar-refractivity contribution is -0.136. The molecule has 0 saturated heterocycles. The summed E-state index contributed by atoms with van der Waals surface area (Å²) in [5, 5.41) is 28.3. The van der Waals surface area contributed by atoms with Gasteiger partial charge in [0.15, 0.2) is 0 Å². The molecule has 3 N–H and O–H groups in total. The normalized spacial score (nSPS) is 11.2. The molecule has 0 aliphatic heterocycles. The van der Waals surface area contributed by atoms with Gasteiger partial charge in [-0.3, -0.25) is 0 Å². The van der Waals surface area contributed by atoms with E-state index in [1.165, 1.54) is 6.08 Å². The third-order valence-corrected chi connectivity index (χ3v) is 4.75. The number of carbonyl (C=O) groups is 2. The van der Waals surface area contributed by atoms with E-state index >= 15 is 0 Å². The van der Waals surface area contributed by atoms with Gasteiger partial charge in [-0.1, -0.05) is 63.6 Å². The van der Waals surface area contributed by atoms with Gasteiger partial charge in [0.2, 0.25) is 0 Å². The second-order valence-electron chi connectivity index (χ2n) is 5.75. The van der Waals surface area contributed by atoms with Gasteiger partial charge in [-0.05, 0) is 38.5 Å². The molecule has 0 aliphatic carbocycles. The zero-order chi connectivity index (χ0) is 20.2. The summed E-state index contributed by atoms with van der Waals surface area (Å²) in [6, 6.07) is 0. The number of unbranched alkanes of at least 4 members (excludes halogenated alkanes) is 6. The van der Waals surface area contributed by atoms with Gasteiger partial charge in [0.25, 0.3) is 0 Å². The molecule has 0 unspecified atom stereocenters. The molecule has 0 spiro atoms.